The lowest BCUT2D eigenvalue weighted by atomic mass is 10.3. The van der Waals surface area contributed by atoms with E-state index in [1.54, 1.807) is 0 Å². The molecule has 70 valence electrons. The Hall–Kier alpha value is -0.170. The minimum absolute atomic E-state index is 0.374. The van der Waals surface area contributed by atoms with Crippen molar-refractivity contribution in [3.63, 3.8) is 0 Å². The maximum absolute atomic E-state index is 5.13. The lowest BCUT2D eigenvalue weighted by Crippen LogP contribution is -2.34. The molecular weight excluding hydrogens is 318 g/mol. The molecule has 0 aliphatic rings. The van der Waals surface area contributed by atoms with E-state index in [0.29, 0.717) is 5.11 Å². The van der Waals surface area contributed by atoms with Crippen LogP contribution in [0.4, 0.5) is 5.69 Å². The molecule has 0 saturated heterocycles. The van der Waals surface area contributed by atoms with E-state index in [2.05, 4.69) is 42.6 Å². The summed E-state index contributed by atoms with van der Waals surface area (Å²) in [5, 5.41) is 3.29. The second-order valence-corrected chi connectivity index (χ2v) is 4.40. The van der Waals surface area contributed by atoms with Crippen LogP contribution in [0.3, 0.4) is 0 Å². The number of anilines is 1. The number of rotatable bonds is 1. The molecule has 6 heteroatoms. The maximum atomic E-state index is 5.13. The molecule has 3 nitrogen and oxygen atoms in total. The highest BCUT2D eigenvalue weighted by atomic mass is 79.9. The highest BCUT2D eigenvalue weighted by Crippen LogP contribution is 2.25. The van der Waals surface area contributed by atoms with Gasteiger partial charge in [0.05, 0.1) is 5.69 Å². The van der Waals surface area contributed by atoms with E-state index in [1.165, 1.54) is 0 Å². The van der Waals surface area contributed by atoms with Gasteiger partial charge in [0, 0.05) is 8.95 Å². The van der Waals surface area contributed by atoms with E-state index < -0.39 is 0 Å². The van der Waals surface area contributed by atoms with Gasteiger partial charge in [-0.15, -0.1) is 0 Å². The zero-order valence-corrected chi connectivity index (χ0v) is 10.5. The predicted octanol–water partition coefficient (Wildman–Crippen LogP) is 2.37. The molecule has 0 aromatic heterocycles. The van der Waals surface area contributed by atoms with Crippen molar-refractivity contribution in [2.24, 2.45) is 5.84 Å². The van der Waals surface area contributed by atoms with Crippen molar-refractivity contribution in [3.05, 3.63) is 27.1 Å². The van der Waals surface area contributed by atoms with Gasteiger partial charge in [0.1, 0.15) is 0 Å². The molecule has 0 spiro atoms. The van der Waals surface area contributed by atoms with Gasteiger partial charge in [0.15, 0.2) is 5.11 Å². The number of hydrogen-bond donors (Lipinski definition) is 3. The van der Waals surface area contributed by atoms with Crippen LogP contribution in [-0.2, 0) is 0 Å². The highest BCUT2D eigenvalue weighted by Gasteiger charge is 2.01. The standard InChI is InChI=1S/C7H7Br2N3S/c8-4-1-2-5(9)6(3-4)11-7(13)12-10/h1-3H,10H2,(H2,11,12,13). The van der Waals surface area contributed by atoms with Crippen LogP contribution in [0.1, 0.15) is 0 Å². The molecule has 1 aromatic rings. The van der Waals surface area contributed by atoms with E-state index in [9.17, 15) is 0 Å². The van der Waals surface area contributed by atoms with Crippen LogP contribution in [0, 0.1) is 0 Å². The molecule has 0 heterocycles. The van der Waals surface area contributed by atoms with Crippen LogP contribution < -0.4 is 16.6 Å². The van der Waals surface area contributed by atoms with Crippen molar-refractivity contribution >= 4 is 54.9 Å². The third-order valence-electron chi connectivity index (χ3n) is 1.31. The SMILES string of the molecule is NNC(=S)Nc1cc(Br)ccc1Br. The summed E-state index contributed by atoms with van der Waals surface area (Å²) in [7, 11) is 0. The van der Waals surface area contributed by atoms with Crippen molar-refractivity contribution < 1.29 is 0 Å². The molecule has 0 atom stereocenters. The van der Waals surface area contributed by atoms with Crippen molar-refractivity contribution in [1.29, 1.82) is 0 Å². The highest BCUT2D eigenvalue weighted by molar-refractivity contribution is 9.11. The molecule has 0 unspecified atom stereocenters. The number of hydrazine groups is 1. The number of nitrogens with one attached hydrogen (secondary N) is 2. The van der Waals surface area contributed by atoms with E-state index in [-0.39, 0.29) is 0 Å². The lowest BCUT2D eigenvalue weighted by Gasteiger charge is -2.08. The van der Waals surface area contributed by atoms with Gasteiger partial charge in [0.2, 0.25) is 0 Å². The largest absolute Gasteiger partial charge is 0.331 e. The van der Waals surface area contributed by atoms with Gasteiger partial charge in [0.25, 0.3) is 0 Å². The number of nitrogens with two attached hydrogens (primary N) is 1. The summed E-state index contributed by atoms with van der Waals surface area (Å²) >= 11 is 11.6. The van der Waals surface area contributed by atoms with E-state index >= 15 is 0 Å². The summed E-state index contributed by atoms with van der Waals surface area (Å²) in [5.74, 6) is 5.13. The van der Waals surface area contributed by atoms with E-state index in [0.717, 1.165) is 14.6 Å². The molecule has 0 amide bonds. The second kappa shape index (κ2) is 4.90. The first kappa shape index (κ1) is 10.9. The Labute approximate surface area is 98.3 Å². The third kappa shape index (κ3) is 3.22. The van der Waals surface area contributed by atoms with E-state index in [4.69, 9.17) is 18.1 Å². The summed E-state index contributed by atoms with van der Waals surface area (Å²) in [5.41, 5.74) is 3.20. The van der Waals surface area contributed by atoms with Crippen LogP contribution in [0.5, 0.6) is 0 Å². The van der Waals surface area contributed by atoms with Crippen molar-refractivity contribution in [1.82, 2.24) is 5.43 Å². The molecule has 1 rings (SSSR count). The summed E-state index contributed by atoms with van der Waals surface area (Å²) in [4.78, 5) is 0. The fourth-order valence-electron chi connectivity index (χ4n) is 0.752. The molecule has 0 aliphatic carbocycles. The molecule has 0 radical (unpaired) electrons. The molecule has 0 fully saturated rings. The normalized spacial score (nSPS) is 9.46. The molecular formula is C7H7Br2N3S. The quantitative estimate of drug-likeness (QED) is 0.422. The number of thiocarbonyl (C=S) groups is 1. The monoisotopic (exact) mass is 323 g/mol. The van der Waals surface area contributed by atoms with Crippen molar-refractivity contribution in [2.45, 2.75) is 0 Å². The van der Waals surface area contributed by atoms with Gasteiger partial charge in [-0.25, -0.2) is 5.84 Å². The first-order valence-corrected chi connectivity index (χ1v) is 5.35. The van der Waals surface area contributed by atoms with Gasteiger partial charge in [-0.1, -0.05) is 15.9 Å². The number of hydrogen-bond acceptors (Lipinski definition) is 2. The van der Waals surface area contributed by atoms with Crippen LogP contribution in [0.15, 0.2) is 27.1 Å². The minimum Gasteiger partial charge on any atom is -0.331 e. The molecule has 13 heavy (non-hydrogen) atoms. The number of benzene rings is 1. The zero-order chi connectivity index (χ0) is 9.84. The Morgan fingerprint density at radius 1 is 1.38 bits per heavy atom. The first-order chi connectivity index (χ1) is 6.13. The Bertz CT molecular complexity index is 330. The average molecular weight is 325 g/mol. The smallest absolute Gasteiger partial charge is 0.185 e. The first-order valence-electron chi connectivity index (χ1n) is 3.36. The topological polar surface area (TPSA) is 50.1 Å². The summed E-state index contributed by atoms with van der Waals surface area (Å²) in [6.07, 6.45) is 0. The molecule has 1 aromatic carbocycles. The molecule has 0 saturated carbocycles. The lowest BCUT2D eigenvalue weighted by molar-refractivity contribution is 1.04. The van der Waals surface area contributed by atoms with Crippen LogP contribution in [-0.4, -0.2) is 5.11 Å². The zero-order valence-electron chi connectivity index (χ0n) is 6.47. The molecule has 4 N–H and O–H groups in total. The summed E-state index contributed by atoms with van der Waals surface area (Å²) < 4.78 is 1.89. The van der Waals surface area contributed by atoms with Crippen LogP contribution in [0.25, 0.3) is 0 Å². The Morgan fingerprint density at radius 3 is 2.69 bits per heavy atom. The molecule has 0 bridgehead atoms. The Balaban J connectivity index is 2.87. The maximum Gasteiger partial charge on any atom is 0.185 e. The van der Waals surface area contributed by atoms with Gasteiger partial charge in [-0.2, -0.15) is 0 Å². The van der Waals surface area contributed by atoms with Gasteiger partial charge < -0.3 is 10.7 Å². The third-order valence-corrected chi connectivity index (χ3v) is 2.71. The molecule has 0 aliphatic heterocycles. The number of halogens is 2. The van der Waals surface area contributed by atoms with Gasteiger partial charge >= 0.3 is 0 Å². The van der Waals surface area contributed by atoms with Crippen molar-refractivity contribution in [2.75, 3.05) is 5.32 Å². The van der Waals surface area contributed by atoms with Crippen molar-refractivity contribution in [3.8, 4) is 0 Å². The van der Waals surface area contributed by atoms with Crippen LogP contribution in [0.2, 0.25) is 0 Å². The summed E-state index contributed by atoms with van der Waals surface area (Å²) in [6.45, 7) is 0. The fourth-order valence-corrected chi connectivity index (χ4v) is 1.57. The van der Waals surface area contributed by atoms with Gasteiger partial charge in [-0.3, -0.25) is 0 Å². The van der Waals surface area contributed by atoms with E-state index in [1.807, 2.05) is 18.2 Å². The fraction of sp³-hybridized carbons (Fsp3) is 0. The Morgan fingerprint density at radius 2 is 2.08 bits per heavy atom. The average Bonchev–Trinajstić information content (AvgIpc) is 2.11. The summed E-state index contributed by atoms with van der Waals surface area (Å²) in [6, 6.07) is 5.73. The Kier molecular flexibility index (Phi) is 4.11. The minimum atomic E-state index is 0.374. The predicted molar refractivity (Wildman–Crippen MR) is 65.4 cm³/mol. The van der Waals surface area contributed by atoms with Crippen LogP contribution >= 0.6 is 44.1 Å². The van der Waals surface area contributed by atoms with Gasteiger partial charge in [-0.05, 0) is 46.3 Å². The second-order valence-electron chi connectivity index (χ2n) is 2.22.